The zero-order valence-electron chi connectivity index (χ0n) is 14.2. The molecule has 0 saturated heterocycles. The standard InChI is InChI=1S/C18H20N6O2/c19-15(11-25)10-24-22-18(21-23-24)13-3-6-16(7-4-13)26-17-8-5-14(9-20-17)12-1-2-12/h3-9,12,15,25H,1-2,10-11,19H2/t15-/m0/s1. The fourth-order valence-corrected chi connectivity index (χ4v) is 2.61. The Bertz CT molecular complexity index is 858. The second-order valence-electron chi connectivity index (χ2n) is 6.44. The van der Waals surface area contributed by atoms with E-state index in [1.165, 1.54) is 23.2 Å². The van der Waals surface area contributed by atoms with Crippen LogP contribution in [0.25, 0.3) is 11.4 Å². The summed E-state index contributed by atoms with van der Waals surface area (Å²) in [4.78, 5) is 5.74. The van der Waals surface area contributed by atoms with Crippen LogP contribution in [0.15, 0.2) is 42.6 Å². The molecule has 1 saturated carbocycles. The minimum atomic E-state index is -0.411. The maximum atomic E-state index is 8.98. The second kappa shape index (κ2) is 7.19. The average Bonchev–Trinajstić information content (AvgIpc) is 3.42. The molecule has 3 aromatic rings. The van der Waals surface area contributed by atoms with Gasteiger partial charge in [-0.15, -0.1) is 10.2 Å². The number of pyridine rings is 1. The molecule has 0 unspecified atom stereocenters. The van der Waals surface area contributed by atoms with Gasteiger partial charge in [0.05, 0.1) is 13.2 Å². The summed E-state index contributed by atoms with van der Waals surface area (Å²) in [6.07, 6.45) is 4.41. The van der Waals surface area contributed by atoms with E-state index >= 15 is 0 Å². The molecule has 0 bridgehead atoms. The van der Waals surface area contributed by atoms with E-state index in [4.69, 9.17) is 15.6 Å². The summed E-state index contributed by atoms with van der Waals surface area (Å²) in [5.74, 6) is 2.44. The van der Waals surface area contributed by atoms with Gasteiger partial charge in [0.2, 0.25) is 11.7 Å². The smallest absolute Gasteiger partial charge is 0.219 e. The summed E-state index contributed by atoms with van der Waals surface area (Å²) in [6.45, 7) is 0.186. The highest BCUT2D eigenvalue weighted by atomic mass is 16.5. The first-order valence-corrected chi connectivity index (χ1v) is 8.60. The van der Waals surface area contributed by atoms with Gasteiger partial charge in [-0.2, -0.15) is 4.80 Å². The van der Waals surface area contributed by atoms with Crippen molar-refractivity contribution in [3.63, 3.8) is 0 Å². The summed E-state index contributed by atoms with van der Waals surface area (Å²) in [6, 6.07) is 11.0. The minimum absolute atomic E-state index is 0.126. The number of aliphatic hydroxyl groups is 1. The zero-order valence-corrected chi connectivity index (χ0v) is 14.2. The molecule has 26 heavy (non-hydrogen) atoms. The van der Waals surface area contributed by atoms with Crippen LogP contribution in [0.4, 0.5) is 0 Å². The molecule has 0 radical (unpaired) electrons. The predicted octanol–water partition coefficient (Wildman–Crippen LogP) is 1.72. The van der Waals surface area contributed by atoms with Gasteiger partial charge < -0.3 is 15.6 Å². The summed E-state index contributed by atoms with van der Waals surface area (Å²) >= 11 is 0. The number of rotatable bonds is 7. The molecule has 0 spiro atoms. The lowest BCUT2D eigenvalue weighted by Gasteiger charge is -2.06. The first-order chi connectivity index (χ1) is 12.7. The van der Waals surface area contributed by atoms with Gasteiger partial charge in [-0.1, -0.05) is 6.07 Å². The lowest BCUT2D eigenvalue weighted by atomic mass is 10.2. The molecule has 1 aliphatic carbocycles. The Balaban J connectivity index is 1.41. The Kier molecular flexibility index (Phi) is 4.59. The molecular weight excluding hydrogens is 332 g/mol. The van der Waals surface area contributed by atoms with E-state index in [1.807, 2.05) is 36.5 Å². The zero-order chi connectivity index (χ0) is 17.9. The Morgan fingerprint density at radius 1 is 1.19 bits per heavy atom. The number of benzene rings is 1. The van der Waals surface area contributed by atoms with E-state index < -0.39 is 6.04 Å². The predicted molar refractivity (Wildman–Crippen MR) is 94.6 cm³/mol. The van der Waals surface area contributed by atoms with Crippen LogP contribution in [0.1, 0.15) is 24.3 Å². The molecule has 8 heteroatoms. The maximum Gasteiger partial charge on any atom is 0.219 e. The van der Waals surface area contributed by atoms with Crippen LogP contribution in [0.3, 0.4) is 0 Å². The van der Waals surface area contributed by atoms with Crippen molar-refractivity contribution >= 4 is 0 Å². The van der Waals surface area contributed by atoms with Gasteiger partial charge in [0.25, 0.3) is 0 Å². The summed E-state index contributed by atoms with van der Waals surface area (Å²) < 4.78 is 5.78. The highest BCUT2D eigenvalue weighted by Crippen LogP contribution is 2.40. The number of hydrogen-bond donors (Lipinski definition) is 2. The van der Waals surface area contributed by atoms with Gasteiger partial charge in [-0.3, -0.25) is 0 Å². The molecule has 4 rings (SSSR count). The summed E-state index contributed by atoms with van der Waals surface area (Å²) in [5, 5.41) is 21.2. The molecule has 8 nitrogen and oxygen atoms in total. The van der Waals surface area contributed by atoms with E-state index in [-0.39, 0.29) is 6.61 Å². The van der Waals surface area contributed by atoms with E-state index in [1.54, 1.807) is 0 Å². The molecule has 2 aromatic heterocycles. The number of nitrogens with zero attached hydrogens (tertiary/aromatic N) is 5. The van der Waals surface area contributed by atoms with Gasteiger partial charge >= 0.3 is 0 Å². The Labute approximate surface area is 150 Å². The molecule has 1 fully saturated rings. The topological polar surface area (TPSA) is 112 Å². The number of ether oxygens (including phenoxy) is 1. The fraction of sp³-hybridized carbons (Fsp3) is 0.333. The number of aliphatic hydroxyl groups excluding tert-OH is 1. The van der Waals surface area contributed by atoms with Crippen LogP contribution in [0, 0.1) is 0 Å². The van der Waals surface area contributed by atoms with Gasteiger partial charge in [0, 0.05) is 23.9 Å². The van der Waals surface area contributed by atoms with E-state index in [0.29, 0.717) is 29.9 Å². The van der Waals surface area contributed by atoms with Crippen molar-refractivity contribution in [1.82, 2.24) is 25.2 Å². The summed E-state index contributed by atoms with van der Waals surface area (Å²) in [5.41, 5.74) is 7.77. The average molecular weight is 352 g/mol. The molecule has 1 atom stereocenters. The van der Waals surface area contributed by atoms with Gasteiger partial charge in [-0.05, 0) is 53.8 Å². The maximum absolute atomic E-state index is 8.98. The first kappa shape index (κ1) is 16.6. The fourth-order valence-electron chi connectivity index (χ4n) is 2.61. The van der Waals surface area contributed by atoms with Crippen LogP contribution in [0.2, 0.25) is 0 Å². The number of hydrogen-bond acceptors (Lipinski definition) is 7. The van der Waals surface area contributed by atoms with Crippen molar-refractivity contribution in [3.8, 4) is 23.0 Å². The molecule has 1 aliphatic rings. The largest absolute Gasteiger partial charge is 0.439 e. The first-order valence-electron chi connectivity index (χ1n) is 8.60. The Hall–Kier alpha value is -2.84. The van der Waals surface area contributed by atoms with Crippen molar-refractivity contribution in [2.45, 2.75) is 31.3 Å². The van der Waals surface area contributed by atoms with Crippen molar-refractivity contribution < 1.29 is 9.84 Å². The van der Waals surface area contributed by atoms with Crippen LogP contribution in [-0.4, -0.2) is 42.9 Å². The second-order valence-corrected chi connectivity index (χ2v) is 6.44. The number of nitrogens with two attached hydrogens (primary N) is 1. The molecule has 1 aromatic carbocycles. The lowest BCUT2D eigenvalue weighted by molar-refractivity contribution is 0.245. The third-order valence-corrected chi connectivity index (χ3v) is 4.23. The SMILES string of the molecule is N[C@H](CO)Cn1nnc(-c2ccc(Oc3ccc(C4CC4)cn3)cc2)n1. The Morgan fingerprint density at radius 2 is 2.00 bits per heavy atom. The van der Waals surface area contributed by atoms with Crippen LogP contribution in [-0.2, 0) is 6.54 Å². The third-order valence-electron chi connectivity index (χ3n) is 4.23. The van der Waals surface area contributed by atoms with Gasteiger partial charge in [-0.25, -0.2) is 4.98 Å². The number of tetrazole rings is 1. The molecule has 2 heterocycles. The Morgan fingerprint density at radius 3 is 2.65 bits per heavy atom. The highest BCUT2D eigenvalue weighted by molar-refractivity contribution is 5.55. The van der Waals surface area contributed by atoms with Gasteiger partial charge in [0.15, 0.2) is 0 Å². The molecule has 0 amide bonds. The number of aromatic nitrogens is 5. The van der Waals surface area contributed by atoms with E-state index in [0.717, 1.165) is 5.56 Å². The minimum Gasteiger partial charge on any atom is -0.439 e. The van der Waals surface area contributed by atoms with Crippen LogP contribution < -0.4 is 10.5 Å². The molecule has 0 aliphatic heterocycles. The van der Waals surface area contributed by atoms with Crippen molar-refractivity contribution in [2.24, 2.45) is 5.73 Å². The highest BCUT2D eigenvalue weighted by Gasteiger charge is 2.23. The van der Waals surface area contributed by atoms with Crippen molar-refractivity contribution in [3.05, 3.63) is 48.2 Å². The van der Waals surface area contributed by atoms with Crippen LogP contribution >= 0.6 is 0 Å². The van der Waals surface area contributed by atoms with E-state index in [2.05, 4.69) is 26.5 Å². The summed E-state index contributed by atoms with van der Waals surface area (Å²) in [7, 11) is 0. The quantitative estimate of drug-likeness (QED) is 0.666. The molecule has 134 valence electrons. The van der Waals surface area contributed by atoms with Crippen LogP contribution in [0.5, 0.6) is 11.6 Å². The van der Waals surface area contributed by atoms with E-state index in [9.17, 15) is 0 Å². The van der Waals surface area contributed by atoms with Crippen molar-refractivity contribution in [1.29, 1.82) is 0 Å². The normalized spacial score (nSPS) is 15.0. The monoisotopic (exact) mass is 352 g/mol. The molecular formula is C18H20N6O2. The third kappa shape index (κ3) is 3.87. The van der Waals surface area contributed by atoms with Gasteiger partial charge in [0.1, 0.15) is 5.75 Å². The lowest BCUT2D eigenvalue weighted by Crippen LogP contribution is -2.30. The van der Waals surface area contributed by atoms with Crippen molar-refractivity contribution in [2.75, 3.05) is 6.61 Å². The molecule has 3 N–H and O–H groups in total.